The van der Waals surface area contributed by atoms with Crippen LogP contribution in [0.15, 0.2) is 48.7 Å². The van der Waals surface area contributed by atoms with E-state index in [4.69, 9.17) is 4.74 Å². The number of H-pyrrole nitrogens is 1. The molecule has 1 aromatic heterocycles. The van der Waals surface area contributed by atoms with Crippen molar-refractivity contribution in [3.05, 3.63) is 70.9 Å². The third kappa shape index (κ3) is 4.22. The number of nitrogens with zero attached hydrogens (tertiary/aromatic N) is 1. The van der Waals surface area contributed by atoms with Gasteiger partial charge in [0.15, 0.2) is 0 Å². The number of amides is 3. The Morgan fingerprint density at radius 1 is 1.10 bits per heavy atom. The SMILES string of the molecule is CCOCCCNC(=O)c1ccc2c(c1)C(=O)N(CCc1c[nH]c3ccccc13)C2=O. The minimum absolute atomic E-state index is 0.267. The van der Waals surface area contributed by atoms with Crippen LogP contribution in [-0.2, 0) is 11.2 Å². The van der Waals surface area contributed by atoms with Gasteiger partial charge in [0, 0.05) is 49.0 Å². The van der Waals surface area contributed by atoms with Gasteiger partial charge < -0.3 is 15.0 Å². The summed E-state index contributed by atoms with van der Waals surface area (Å²) in [7, 11) is 0. The smallest absolute Gasteiger partial charge is 0.261 e. The van der Waals surface area contributed by atoms with Crippen molar-refractivity contribution in [2.24, 2.45) is 0 Å². The first kappa shape index (κ1) is 20.8. The maximum Gasteiger partial charge on any atom is 0.261 e. The molecule has 2 aromatic carbocycles. The number of carbonyl (C=O) groups is 3. The van der Waals surface area contributed by atoms with Crippen LogP contribution >= 0.6 is 0 Å². The molecule has 1 aliphatic rings. The second-order valence-electron chi connectivity index (χ2n) is 7.44. The zero-order chi connectivity index (χ0) is 21.8. The molecule has 4 rings (SSSR count). The van der Waals surface area contributed by atoms with Crippen LogP contribution in [0.25, 0.3) is 10.9 Å². The van der Waals surface area contributed by atoms with Crippen molar-refractivity contribution < 1.29 is 19.1 Å². The van der Waals surface area contributed by atoms with Gasteiger partial charge in [0.2, 0.25) is 0 Å². The molecule has 3 aromatic rings. The van der Waals surface area contributed by atoms with Gasteiger partial charge in [-0.3, -0.25) is 19.3 Å². The molecule has 2 N–H and O–H groups in total. The van der Waals surface area contributed by atoms with E-state index in [1.807, 2.05) is 37.4 Å². The zero-order valence-corrected chi connectivity index (χ0v) is 17.4. The Hall–Kier alpha value is -3.45. The largest absolute Gasteiger partial charge is 0.382 e. The number of imide groups is 1. The summed E-state index contributed by atoms with van der Waals surface area (Å²) >= 11 is 0. The molecule has 31 heavy (non-hydrogen) atoms. The fraction of sp³-hybridized carbons (Fsp3) is 0.292. The third-order valence-electron chi connectivity index (χ3n) is 5.47. The molecule has 2 heterocycles. The summed E-state index contributed by atoms with van der Waals surface area (Å²) in [6.45, 7) is 3.92. The van der Waals surface area contributed by atoms with Gasteiger partial charge in [-0.2, -0.15) is 0 Å². The summed E-state index contributed by atoms with van der Waals surface area (Å²) in [4.78, 5) is 42.5. The van der Waals surface area contributed by atoms with E-state index in [2.05, 4.69) is 10.3 Å². The average Bonchev–Trinajstić information content (AvgIpc) is 3.31. The molecule has 7 nitrogen and oxygen atoms in total. The lowest BCUT2D eigenvalue weighted by Crippen LogP contribution is -2.31. The third-order valence-corrected chi connectivity index (χ3v) is 5.47. The van der Waals surface area contributed by atoms with Gasteiger partial charge in [0.1, 0.15) is 0 Å². The molecular formula is C24H25N3O4. The second-order valence-corrected chi connectivity index (χ2v) is 7.44. The van der Waals surface area contributed by atoms with E-state index in [0.717, 1.165) is 16.5 Å². The highest BCUT2D eigenvalue weighted by molar-refractivity contribution is 6.22. The van der Waals surface area contributed by atoms with E-state index in [1.165, 1.54) is 11.0 Å². The molecule has 0 spiro atoms. The minimum atomic E-state index is -0.356. The van der Waals surface area contributed by atoms with Gasteiger partial charge in [0.05, 0.1) is 11.1 Å². The highest BCUT2D eigenvalue weighted by atomic mass is 16.5. The first-order chi connectivity index (χ1) is 15.1. The Balaban J connectivity index is 1.42. The van der Waals surface area contributed by atoms with Crippen molar-refractivity contribution in [1.82, 2.24) is 15.2 Å². The number of hydrogen-bond acceptors (Lipinski definition) is 4. The van der Waals surface area contributed by atoms with Crippen LogP contribution in [0.5, 0.6) is 0 Å². The summed E-state index contributed by atoms with van der Waals surface area (Å²) in [5.74, 6) is -0.939. The first-order valence-electron chi connectivity index (χ1n) is 10.5. The molecule has 7 heteroatoms. The zero-order valence-electron chi connectivity index (χ0n) is 17.4. The highest BCUT2D eigenvalue weighted by Gasteiger charge is 2.35. The molecule has 0 saturated heterocycles. The van der Waals surface area contributed by atoms with Crippen molar-refractivity contribution in [3.8, 4) is 0 Å². The summed E-state index contributed by atoms with van der Waals surface area (Å²) in [5.41, 5.74) is 3.08. The molecule has 0 saturated carbocycles. The lowest BCUT2D eigenvalue weighted by Gasteiger charge is -2.13. The van der Waals surface area contributed by atoms with Gasteiger partial charge >= 0.3 is 0 Å². The van der Waals surface area contributed by atoms with Crippen LogP contribution in [0.1, 0.15) is 50.0 Å². The topological polar surface area (TPSA) is 91.5 Å². The predicted octanol–water partition coefficient (Wildman–Crippen LogP) is 3.16. The van der Waals surface area contributed by atoms with Crippen LogP contribution in [0, 0.1) is 0 Å². The van der Waals surface area contributed by atoms with E-state index < -0.39 is 0 Å². The maximum atomic E-state index is 12.9. The van der Waals surface area contributed by atoms with Crippen molar-refractivity contribution in [3.63, 3.8) is 0 Å². The number of rotatable bonds is 9. The second kappa shape index (κ2) is 9.14. The van der Waals surface area contributed by atoms with Crippen LogP contribution in [0.4, 0.5) is 0 Å². The van der Waals surface area contributed by atoms with Crippen LogP contribution in [0.3, 0.4) is 0 Å². The number of hydrogen-bond donors (Lipinski definition) is 2. The monoisotopic (exact) mass is 419 g/mol. The standard InChI is InChI=1S/C24H25N3O4/c1-2-31-13-5-11-25-22(28)16-8-9-19-20(14-16)24(30)27(23(19)29)12-10-17-15-26-21-7-4-3-6-18(17)21/h3-4,6-9,14-15,26H,2,5,10-13H2,1H3,(H,25,28). The Labute approximate surface area is 180 Å². The van der Waals surface area contributed by atoms with Crippen molar-refractivity contribution in [2.75, 3.05) is 26.3 Å². The van der Waals surface area contributed by atoms with E-state index in [-0.39, 0.29) is 29.8 Å². The summed E-state index contributed by atoms with van der Waals surface area (Å²) < 4.78 is 5.25. The average molecular weight is 419 g/mol. The highest BCUT2D eigenvalue weighted by Crippen LogP contribution is 2.25. The predicted molar refractivity (Wildman–Crippen MR) is 117 cm³/mol. The Morgan fingerprint density at radius 2 is 1.90 bits per heavy atom. The number of aromatic nitrogens is 1. The van der Waals surface area contributed by atoms with E-state index >= 15 is 0 Å². The van der Waals surface area contributed by atoms with Crippen LogP contribution in [0.2, 0.25) is 0 Å². The molecule has 0 bridgehead atoms. The lowest BCUT2D eigenvalue weighted by atomic mass is 10.1. The van der Waals surface area contributed by atoms with Crippen molar-refractivity contribution in [2.45, 2.75) is 19.8 Å². The van der Waals surface area contributed by atoms with E-state index in [9.17, 15) is 14.4 Å². The van der Waals surface area contributed by atoms with Crippen molar-refractivity contribution >= 4 is 28.6 Å². The summed E-state index contributed by atoms with van der Waals surface area (Å²) in [5, 5.41) is 3.90. The number of fused-ring (bicyclic) bond motifs is 2. The quantitative estimate of drug-likeness (QED) is 0.412. The molecule has 3 amide bonds. The van der Waals surface area contributed by atoms with E-state index in [1.54, 1.807) is 12.1 Å². The number of nitrogens with one attached hydrogen (secondary N) is 2. The Bertz CT molecular complexity index is 1130. The number of aromatic amines is 1. The van der Waals surface area contributed by atoms with Gasteiger partial charge in [-0.15, -0.1) is 0 Å². The first-order valence-corrected chi connectivity index (χ1v) is 10.5. The van der Waals surface area contributed by atoms with Gasteiger partial charge in [-0.1, -0.05) is 18.2 Å². The fourth-order valence-corrected chi connectivity index (χ4v) is 3.83. The molecule has 1 aliphatic heterocycles. The molecule has 160 valence electrons. The summed E-state index contributed by atoms with van der Waals surface area (Å²) in [6.07, 6.45) is 3.18. The molecule has 0 atom stereocenters. The van der Waals surface area contributed by atoms with Crippen molar-refractivity contribution in [1.29, 1.82) is 0 Å². The number of ether oxygens (including phenoxy) is 1. The van der Waals surface area contributed by atoms with E-state index in [0.29, 0.717) is 43.7 Å². The number of para-hydroxylation sites is 1. The fourth-order valence-electron chi connectivity index (χ4n) is 3.83. The Kier molecular flexibility index (Phi) is 6.13. The minimum Gasteiger partial charge on any atom is -0.382 e. The molecule has 0 fully saturated rings. The Morgan fingerprint density at radius 3 is 2.74 bits per heavy atom. The molecule has 0 aliphatic carbocycles. The van der Waals surface area contributed by atoms with Gasteiger partial charge in [-0.05, 0) is 49.6 Å². The number of benzene rings is 2. The molecule has 0 unspecified atom stereocenters. The number of carbonyl (C=O) groups excluding carboxylic acids is 3. The van der Waals surface area contributed by atoms with Crippen LogP contribution in [-0.4, -0.2) is 53.9 Å². The van der Waals surface area contributed by atoms with Gasteiger partial charge in [-0.25, -0.2) is 0 Å². The van der Waals surface area contributed by atoms with Gasteiger partial charge in [0.25, 0.3) is 17.7 Å². The molecule has 0 radical (unpaired) electrons. The normalized spacial score (nSPS) is 13.1. The maximum absolute atomic E-state index is 12.9. The molecular weight excluding hydrogens is 394 g/mol. The summed E-state index contributed by atoms with van der Waals surface area (Å²) in [6, 6.07) is 12.6. The lowest BCUT2D eigenvalue weighted by molar-refractivity contribution is 0.0656. The van der Waals surface area contributed by atoms with Crippen LogP contribution < -0.4 is 5.32 Å².